The maximum absolute atomic E-state index is 13.2. The number of hydrogen-bond donors (Lipinski definition) is 1. The number of aliphatic carboxylic acids is 1. The lowest BCUT2D eigenvalue weighted by Gasteiger charge is -2.10. The van der Waals surface area contributed by atoms with Gasteiger partial charge in [0.15, 0.2) is 0 Å². The minimum Gasteiger partial charge on any atom is -0.494 e. The Labute approximate surface area is 158 Å². The Hall–Kier alpha value is -2.80. The molecule has 7 heteroatoms. The molecule has 0 unspecified atom stereocenters. The highest BCUT2D eigenvalue weighted by molar-refractivity contribution is 7.90. The summed E-state index contributed by atoms with van der Waals surface area (Å²) in [5.41, 5.74) is 1.81. The molecule has 0 aliphatic rings. The van der Waals surface area contributed by atoms with E-state index >= 15 is 0 Å². The highest BCUT2D eigenvalue weighted by Crippen LogP contribution is 2.30. The lowest BCUT2D eigenvalue weighted by Crippen LogP contribution is -2.13. The van der Waals surface area contributed by atoms with Crippen LogP contribution < -0.4 is 4.74 Å². The van der Waals surface area contributed by atoms with Gasteiger partial charge in [-0.25, -0.2) is 12.4 Å². The second-order valence-electron chi connectivity index (χ2n) is 6.23. The van der Waals surface area contributed by atoms with Gasteiger partial charge in [-0.2, -0.15) is 0 Å². The Morgan fingerprint density at radius 2 is 1.93 bits per heavy atom. The van der Waals surface area contributed by atoms with Crippen molar-refractivity contribution in [2.45, 2.75) is 31.6 Å². The first kappa shape index (κ1) is 19.0. The van der Waals surface area contributed by atoms with Crippen molar-refractivity contribution >= 4 is 26.9 Å². The lowest BCUT2D eigenvalue weighted by atomic mass is 10.1. The van der Waals surface area contributed by atoms with Crippen LogP contribution in [0.5, 0.6) is 5.75 Å². The predicted octanol–water partition coefficient (Wildman–Crippen LogP) is 3.60. The van der Waals surface area contributed by atoms with Gasteiger partial charge in [0.2, 0.25) is 0 Å². The SMILES string of the molecule is CCOc1ccc2c(c1)c(CCC(=O)O)cn2S(=O)(=O)c1ccccc1C. The third-order valence-electron chi connectivity index (χ3n) is 4.37. The summed E-state index contributed by atoms with van der Waals surface area (Å²) in [6.07, 6.45) is 1.67. The van der Waals surface area contributed by atoms with Gasteiger partial charge in [-0.1, -0.05) is 18.2 Å². The predicted molar refractivity (Wildman–Crippen MR) is 103 cm³/mol. The number of aryl methyl sites for hydroxylation is 2. The highest BCUT2D eigenvalue weighted by Gasteiger charge is 2.23. The van der Waals surface area contributed by atoms with E-state index in [4.69, 9.17) is 9.84 Å². The first-order chi connectivity index (χ1) is 12.8. The van der Waals surface area contributed by atoms with Crippen LogP contribution >= 0.6 is 0 Å². The molecule has 1 N–H and O–H groups in total. The molecule has 0 spiro atoms. The number of carbonyl (C=O) groups is 1. The van der Waals surface area contributed by atoms with Crippen LogP contribution in [0, 0.1) is 6.92 Å². The molecule has 0 saturated carbocycles. The minimum absolute atomic E-state index is 0.0810. The molecule has 0 bridgehead atoms. The maximum atomic E-state index is 13.2. The Balaban J connectivity index is 2.21. The van der Waals surface area contributed by atoms with Crippen LogP contribution in [0.2, 0.25) is 0 Å². The Morgan fingerprint density at radius 1 is 1.19 bits per heavy atom. The van der Waals surface area contributed by atoms with E-state index in [1.807, 2.05) is 6.92 Å². The van der Waals surface area contributed by atoms with E-state index in [9.17, 15) is 13.2 Å². The molecule has 1 aromatic heterocycles. The van der Waals surface area contributed by atoms with Crippen LogP contribution in [-0.2, 0) is 21.2 Å². The van der Waals surface area contributed by atoms with Crippen molar-refractivity contribution in [3.8, 4) is 5.75 Å². The molecule has 3 aromatic rings. The third kappa shape index (κ3) is 3.68. The minimum atomic E-state index is -3.81. The van der Waals surface area contributed by atoms with Gasteiger partial charge in [0.1, 0.15) is 5.75 Å². The van der Waals surface area contributed by atoms with Gasteiger partial charge >= 0.3 is 5.97 Å². The van der Waals surface area contributed by atoms with Gasteiger partial charge in [-0.05, 0) is 55.7 Å². The van der Waals surface area contributed by atoms with Gasteiger partial charge in [0.05, 0.1) is 17.0 Å². The van der Waals surface area contributed by atoms with Crippen LogP contribution in [0.15, 0.2) is 53.6 Å². The van der Waals surface area contributed by atoms with Gasteiger partial charge in [0.25, 0.3) is 10.0 Å². The normalized spacial score (nSPS) is 11.6. The smallest absolute Gasteiger partial charge is 0.303 e. The van der Waals surface area contributed by atoms with E-state index in [-0.39, 0.29) is 17.7 Å². The average molecular weight is 387 g/mol. The molecule has 0 aliphatic heterocycles. The number of nitrogens with zero attached hydrogens (tertiary/aromatic N) is 1. The van der Waals surface area contributed by atoms with Crippen molar-refractivity contribution in [1.82, 2.24) is 3.97 Å². The molecule has 0 fully saturated rings. The van der Waals surface area contributed by atoms with E-state index < -0.39 is 16.0 Å². The molecule has 0 amide bonds. The van der Waals surface area contributed by atoms with Crippen LogP contribution in [0.4, 0.5) is 0 Å². The quantitative estimate of drug-likeness (QED) is 0.669. The second kappa shape index (κ2) is 7.44. The fourth-order valence-electron chi connectivity index (χ4n) is 3.09. The summed E-state index contributed by atoms with van der Waals surface area (Å²) in [5, 5.41) is 9.70. The first-order valence-electron chi connectivity index (χ1n) is 8.64. The summed E-state index contributed by atoms with van der Waals surface area (Å²) in [5.74, 6) is -0.314. The standard InChI is InChI=1S/C20H21NO5S/c1-3-26-16-9-10-18-17(12-16)15(8-11-20(22)23)13-21(18)27(24,25)19-7-5-4-6-14(19)2/h4-7,9-10,12-13H,3,8,11H2,1-2H3,(H,22,23). The fourth-order valence-corrected chi connectivity index (χ4v) is 4.71. The molecule has 27 heavy (non-hydrogen) atoms. The molecule has 0 atom stereocenters. The van der Waals surface area contributed by atoms with Crippen molar-refractivity contribution in [1.29, 1.82) is 0 Å². The van der Waals surface area contributed by atoms with Gasteiger partial charge in [0, 0.05) is 18.0 Å². The maximum Gasteiger partial charge on any atom is 0.303 e. The summed E-state index contributed by atoms with van der Waals surface area (Å²) in [4.78, 5) is 11.2. The number of fused-ring (bicyclic) bond motifs is 1. The molecule has 0 saturated heterocycles. The summed E-state index contributed by atoms with van der Waals surface area (Å²) < 4.78 is 33.2. The molecule has 2 aromatic carbocycles. The van der Waals surface area contributed by atoms with Gasteiger partial charge < -0.3 is 9.84 Å². The van der Waals surface area contributed by atoms with Crippen LogP contribution in [-0.4, -0.2) is 30.1 Å². The summed E-state index contributed by atoms with van der Waals surface area (Å²) >= 11 is 0. The Bertz CT molecular complexity index is 1100. The van der Waals surface area contributed by atoms with E-state index in [2.05, 4.69) is 0 Å². The Kier molecular flexibility index (Phi) is 5.23. The fraction of sp³-hybridized carbons (Fsp3) is 0.250. The van der Waals surface area contributed by atoms with E-state index in [1.54, 1.807) is 49.4 Å². The number of ether oxygens (including phenoxy) is 1. The summed E-state index contributed by atoms with van der Waals surface area (Å²) in [7, 11) is -3.81. The molecule has 3 rings (SSSR count). The van der Waals surface area contributed by atoms with Crippen LogP contribution in [0.25, 0.3) is 10.9 Å². The molecule has 6 nitrogen and oxygen atoms in total. The average Bonchev–Trinajstić information content (AvgIpc) is 2.99. The topological polar surface area (TPSA) is 85.6 Å². The van der Waals surface area contributed by atoms with Gasteiger partial charge in [-0.15, -0.1) is 0 Å². The lowest BCUT2D eigenvalue weighted by molar-refractivity contribution is -0.136. The first-order valence-corrected chi connectivity index (χ1v) is 10.1. The molecule has 142 valence electrons. The van der Waals surface area contributed by atoms with Crippen molar-refractivity contribution in [2.24, 2.45) is 0 Å². The zero-order valence-electron chi connectivity index (χ0n) is 15.2. The number of carboxylic acid groups (broad SMARTS) is 1. The number of hydrogen-bond acceptors (Lipinski definition) is 4. The van der Waals surface area contributed by atoms with Gasteiger partial charge in [-0.3, -0.25) is 4.79 Å². The molecule has 0 radical (unpaired) electrons. The largest absolute Gasteiger partial charge is 0.494 e. The van der Waals surface area contributed by atoms with E-state index in [0.717, 1.165) is 0 Å². The van der Waals surface area contributed by atoms with Crippen LogP contribution in [0.3, 0.4) is 0 Å². The number of rotatable bonds is 7. The van der Waals surface area contributed by atoms with Crippen molar-refractivity contribution in [2.75, 3.05) is 6.61 Å². The van der Waals surface area contributed by atoms with E-state index in [1.165, 1.54) is 10.2 Å². The summed E-state index contributed by atoms with van der Waals surface area (Å²) in [6, 6.07) is 12.0. The van der Waals surface area contributed by atoms with Crippen molar-refractivity contribution in [3.05, 3.63) is 59.8 Å². The highest BCUT2D eigenvalue weighted by atomic mass is 32.2. The molecular weight excluding hydrogens is 366 g/mol. The zero-order chi connectivity index (χ0) is 19.6. The molecule has 0 aliphatic carbocycles. The monoisotopic (exact) mass is 387 g/mol. The number of benzene rings is 2. The molecule has 1 heterocycles. The number of aromatic nitrogens is 1. The van der Waals surface area contributed by atoms with Crippen LogP contribution in [0.1, 0.15) is 24.5 Å². The Morgan fingerprint density at radius 3 is 2.59 bits per heavy atom. The third-order valence-corrected chi connectivity index (χ3v) is 6.21. The van der Waals surface area contributed by atoms with E-state index in [0.29, 0.717) is 34.4 Å². The molecular formula is C20H21NO5S. The zero-order valence-corrected chi connectivity index (χ0v) is 16.0. The number of carboxylic acids is 1. The van der Waals surface area contributed by atoms with Crippen molar-refractivity contribution in [3.63, 3.8) is 0 Å². The summed E-state index contributed by atoms with van der Waals surface area (Å²) in [6.45, 7) is 4.10. The second-order valence-corrected chi connectivity index (χ2v) is 8.01. The van der Waals surface area contributed by atoms with Crippen molar-refractivity contribution < 1.29 is 23.1 Å².